The fourth-order valence-corrected chi connectivity index (χ4v) is 4.49. The van der Waals surface area contributed by atoms with Crippen molar-refractivity contribution < 1.29 is 17.6 Å². The first kappa shape index (κ1) is 18.1. The molecule has 23 heavy (non-hydrogen) atoms. The fourth-order valence-electron chi connectivity index (χ4n) is 1.79. The second-order valence-electron chi connectivity index (χ2n) is 4.70. The molecule has 0 radical (unpaired) electrons. The van der Waals surface area contributed by atoms with Crippen LogP contribution in [0.4, 0.5) is 4.39 Å². The maximum Gasteiger partial charge on any atom is 0.244 e. The number of carbonyl (C=O) groups is 1. The highest BCUT2D eigenvalue weighted by Gasteiger charge is 2.24. The number of carbonyl (C=O) groups excluding carboxylic acids is 1. The minimum Gasteiger partial charge on any atom is -0.350 e. The van der Waals surface area contributed by atoms with Gasteiger partial charge in [0, 0.05) is 4.88 Å². The molecule has 2 rings (SSSR count). The van der Waals surface area contributed by atoms with Crippen LogP contribution in [-0.2, 0) is 21.4 Å². The highest BCUT2D eigenvalue weighted by molar-refractivity contribution is 9.11. The van der Waals surface area contributed by atoms with Gasteiger partial charge in [0.15, 0.2) is 0 Å². The molecule has 0 aliphatic carbocycles. The van der Waals surface area contributed by atoms with E-state index < -0.39 is 32.7 Å². The Kier molecular flexibility index (Phi) is 5.90. The van der Waals surface area contributed by atoms with Gasteiger partial charge in [0.05, 0.1) is 16.4 Å². The maximum absolute atomic E-state index is 13.6. The Labute approximate surface area is 146 Å². The smallest absolute Gasteiger partial charge is 0.244 e. The molecular formula is C14H14BrFN2O3S2. The number of hydrogen-bond donors (Lipinski definition) is 2. The fraction of sp³-hybridized carbons (Fsp3) is 0.214. The molecule has 9 heteroatoms. The van der Waals surface area contributed by atoms with Crippen LogP contribution in [-0.4, -0.2) is 20.4 Å². The zero-order valence-corrected chi connectivity index (χ0v) is 15.3. The maximum atomic E-state index is 13.6. The average Bonchev–Trinajstić information content (AvgIpc) is 2.90. The molecule has 0 spiro atoms. The predicted octanol–water partition coefficient (Wildman–Crippen LogP) is 2.63. The van der Waals surface area contributed by atoms with Crippen LogP contribution in [0, 0.1) is 5.82 Å². The molecule has 1 aromatic carbocycles. The second kappa shape index (κ2) is 7.52. The molecule has 0 aliphatic rings. The van der Waals surface area contributed by atoms with Gasteiger partial charge in [-0.05, 0) is 47.1 Å². The summed E-state index contributed by atoms with van der Waals surface area (Å²) in [6, 6.07) is 7.68. The SMILES string of the molecule is C[C@H](NS(=O)(=O)c1ccccc1F)C(=O)NCc1ccc(Br)s1. The summed E-state index contributed by atoms with van der Waals surface area (Å²) in [5, 5.41) is 2.63. The lowest BCUT2D eigenvalue weighted by atomic mass is 10.3. The summed E-state index contributed by atoms with van der Waals surface area (Å²) in [6.07, 6.45) is 0. The van der Waals surface area contributed by atoms with Crippen LogP contribution in [0.1, 0.15) is 11.8 Å². The minimum absolute atomic E-state index is 0.293. The van der Waals surface area contributed by atoms with Gasteiger partial charge in [-0.25, -0.2) is 12.8 Å². The first-order valence-electron chi connectivity index (χ1n) is 6.58. The van der Waals surface area contributed by atoms with Gasteiger partial charge < -0.3 is 5.32 Å². The quantitative estimate of drug-likeness (QED) is 0.753. The van der Waals surface area contributed by atoms with Gasteiger partial charge in [0.1, 0.15) is 10.7 Å². The first-order valence-corrected chi connectivity index (χ1v) is 9.67. The average molecular weight is 421 g/mol. The number of thiophene rings is 1. The van der Waals surface area contributed by atoms with E-state index in [2.05, 4.69) is 26.0 Å². The Balaban J connectivity index is 1.99. The molecule has 0 aliphatic heterocycles. The molecular weight excluding hydrogens is 407 g/mol. The van der Waals surface area contributed by atoms with Crippen molar-refractivity contribution in [3.63, 3.8) is 0 Å². The third kappa shape index (κ3) is 4.84. The van der Waals surface area contributed by atoms with Crippen molar-refractivity contribution in [1.82, 2.24) is 10.0 Å². The number of benzene rings is 1. The van der Waals surface area contributed by atoms with E-state index in [4.69, 9.17) is 0 Å². The molecule has 2 aromatic rings. The van der Waals surface area contributed by atoms with E-state index in [1.54, 1.807) is 0 Å². The molecule has 124 valence electrons. The first-order chi connectivity index (χ1) is 10.8. The summed E-state index contributed by atoms with van der Waals surface area (Å²) in [5.41, 5.74) is 0. The molecule has 2 N–H and O–H groups in total. The van der Waals surface area contributed by atoms with Crippen LogP contribution < -0.4 is 10.0 Å². The molecule has 0 saturated carbocycles. The van der Waals surface area contributed by atoms with Crippen LogP contribution >= 0.6 is 27.3 Å². The van der Waals surface area contributed by atoms with Crippen molar-refractivity contribution >= 4 is 43.2 Å². The topological polar surface area (TPSA) is 75.3 Å². The van der Waals surface area contributed by atoms with Crippen molar-refractivity contribution in [2.45, 2.75) is 24.4 Å². The number of amides is 1. The van der Waals surface area contributed by atoms with E-state index in [1.807, 2.05) is 12.1 Å². The van der Waals surface area contributed by atoms with E-state index >= 15 is 0 Å². The summed E-state index contributed by atoms with van der Waals surface area (Å²) < 4.78 is 40.9. The molecule has 0 fully saturated rings. The van der Waals surface area contributed by atoms with Gasteiger partial charge in [-0.2, -0.15) is 4.72 Å². The van der Waals surface area contributed by atoms with Crippen LogP contribution in [0.3, 0.4) is 0 Å². The Morgan fingerprint density at radius 2 is 2.00 bits per heavy atom. The molecule has 0 unspecified atom stereocenters. The van der Waals surface area contributed by atoms with Gasteiger partial charge in [0.25, 0.3) is 0 Å². The standard InChI is InChI=1S/C14H14BrFN2O3S2/c1-9(14(19)17-8-10-6-7-13(15)22-10)18-23(20,21)12-5-3-2-4-11(12)16/h2-7,9,18H,8H2,1H3,(H,17,19)/t9-/m0/s1. The molecule has 1 heterocycles. The normalized spacial score (nSPS) is 12.8. The van der Waals surface area contributed by atoms with Crippen LogP contribution in [0.5, 0.6) is 0 Å². The monoisotopic (exact) mass is 420 g/mol. The van der Waals surface area contributed by atoms with Gasteiger partial charge in [-0.15, -0.1) is 11.3 Å². The van der Waals surface area contributed by atoms with Crippen molar-refractivity contribution in [1.29, 1.82) is 0 Å². The third-order valence-electron chi connectivity index (χ3n) is 2.92. The molecule has 0 bridgehead atoms. The van der Waals surface area contributed by atoms with Crippen LogP contribution in [0.25, 0.3) is 0 Å². The predicted molar refractivity (Wildman–Crippen MR) is 90.0 cm³/mol. The summed E-state index contributed by atoms with van der Waals surface area (Å²) >= 11 is 4.79. The third-order valence-corrected chi connectivity index (χ3v) is 6.11. The summed E-state index contributed by atoms with van der Waals surface area (Å²) in [6.45, 7) is 1.69. The number of nitrogens with one attached hydrogen (secondary N) is 2. The lowest BCUT2D eigenvalue weighted by molar-refractivity contribution is -0.122. The highest BCUT2D eigenvalue weighted by Crippen LogP contribution is 2.21. The lowest BCUT2D eigenvalue weighted by Gasteiger charge is -2.14. The Bertz CT molecular complexity index is 808. The molecule has 0 saturated heterocycles. The number of hydrogen-bond acceptors (Lipinski definition) is 4. The van der Waals surface area contributed by atoms with E-state index in [1.165, 1.54) is 30.4 Å². The van der Waals surface area contributed by atoms with Crippen LogP contribution in [0.2, 0.25) is 0 Å². The van der Waals surface area contributed by atoms with E-state index in [-0.39, 0.29) is 0 Å². The largest absolute Gasteiger partial charge is 0.350 e. The van der Waals surface area contributed by atoms with Gasteiger partial charge in [0.2, 0.25) is 15.9 Å². The highest BCUT2D eigenvalue weighted by atomic mass is 79.9. The van der Waals surface area contributed by atoms with Crippen LogP contribution in [0.15, 0.2) is 45.1 Å². The zero-order chi connectivity index (χ0) is 17.0. The lowest BCUT2D eigenvalue weighted by Crippen LogP contribution is -2.44. The van der Waals surface area contributed by atoms with Crippen molar-refractivity contribution in [2.75, 3.05) is 0 Å². The molecule has 1 aromatic heterocycles. The summed E-state index contributed by atoms with van der Waals surface area (Å²) in [5.74, 6) is -1.36. The Hall–Kier alpha value is -1.29. The van der Waals surface area contributed by atoms with Gasteiger partial charge in [-0.3, -0.25) is 4.79 Å². The molecule has 1 amide bonds. The Morgan fingerprint density at radius 3 is 2.61 bits per heavy atom. The number of halogens is 2. The summed E-state index contributed by atoms with van der Waals surface area (Å²) in [7, 11) is -4.10. The van der Waals surface area contributed by atoms with Gasteiger partial charge >= 0.3 is 0 Å². The van der Waals surface area contributed by atoms with E-state index in [0.29, 0.717) is 6.54 Å². The Morgan fingerprint density at radius 1 is 1.30 bits per heavy atom. The molecule has 1 atom stereocenters. The van der Waals surface area contributed by atoms with Crippen molar-refractivity contribution in [3.05, 3.63) is 50.9 Å². The summed E-state index contributed by atoms with van der Waals surface area (Å²) in [4.78, 5) is 12.4. The van der Waals surface area contributed by atoms with E-state index in [9.17, 15) is 17.6 Å². The van der Waals surface area contributed by atoms with Gasteiger partial charge in [-0.1, -0.05) is 12.1 Å². The van der Waals surface area contributed by atoms with Crippen molar-refractivity contribution in [2.24, 2.45) is 0 Å². The second-order valence-corrected chi connectivity index (χ2v) is 8.93. The number of sulfonamides is 1. The van der Waals surface area contributed by atoms with Crippen molar-refractivity contribution in [3.8, 4) is 0 Å². The minimum atomic E-state index is -4.10. The number of rotatable bonds is 6. The molecule has 5 nitrogen and oxygen atoms in total. The van der Waals surface area contributed by atoms with E-state index in [0.717, 1.165) is 20.8 Å². The zero-order valence-electron chi connectivity index (χ0n) is 12.0.